The van der Waals surface area contributed by atoms with E-state index in [1.54, 1.807) is 0 Å². The molecule has 0 N–H and O–H groups in total. The largest absolute Gasteiger partial charge is 0.170 e. The zero-order valence-electron chi connectivity index (χ0n) is 6.78. The zero-order valence-corrected chi connectivity index (χ0v) is 8.43. The van der Waals surface area contributed by atoms with E-state index >= 15 is 0 Å². The van der Waals surface area contributed by atoms with Crippen LogP contribution in [0.5, 0.6) is 0 Å². The maximum atomic E-state index is 6.52. The van der Waals surface area contributed by atoms with Crippen LogP contribution in [-0.2, 0) is 0 Å². The molecule has 0 nitrogen and oxygen atoms in total. The lowest BCUT2D eigenvalue weighted by molar-refractivity contribution is 1.27. The van der Waals surface area contributed by atoms with Gasteiger partial charge in [0.1, 0.15) is 5.30 Å². The molecule has 1 heterocycles. The molecule has 12 heavy (non-hydrogen) atoms. The van der Waals surface area contributed by atoms with Crippen molar-refractivity contribution >= 4 is 23.2 Å². The summed E-state index contributed by atoms with van der Waals surface area (Å²) in [5.74, 6) is 2.21. The molecule has 0 saturated carbocycles. The Morgan fingerprint density at radius 2 is 1.92 bits per heavy atom. The summed E-state index contributed by atoms with van der Waals surface area (Å²) < 4.78 is 0. The first-order valence-corrected chi connectivity index (χ1v) is 7.07. The number of halogens is 1. The van der Waals surface area contributed by atoms with Crippen molar-refractivity contribution in [3.8, 4) is 0 Å². The molecule has 1 aromatic rings. The van der Waals surface area contributed by atoms with E-state index in [0.29, 0.717) is 0 Å². The van der Waals surface area contributed by atoms with Gasteiger partial charge in [0.05, 0.1) is 23.2 Å². The minimum atomic E-state index is -1.38. The van der Waals surface area contributed by atoms with E-state index in [9.17, 15) is 0 Å². The molecule has 1 aliphatic rings. The van der Waals surface area contributed by atoms with Gasteiger partial charge in [-0.3, -0.25) is 0 Å². The summed E-state index contributed by atoms with van der Waals surface area (Å²) in [4.78, 5) is 0. The van der Waals surface area contributed by atoms with Crippen molar-refractivity contribution in [2.45, 2.75) is 6.42 Å². The van der Waals surface area contributed by atoms with Gasteiger partial charge in [-0.15, -0.1) is 0 Å². The molecule has 1 unspecified atom stereocenters. The molecule has 0 spiro atoms. The maximum absolute atomic E-state index is 6.52. The third kappa shape index (κ3) is 1.42. The third-order valence-corrected chi connectivity index (χ3v) is 6.33. The smallest absolute Gasteiger partial charge is 0.0620 e. The minimum Gasteiger partial charge on any atom is -0.0620 e. The summed E-state index contributed by atoms with van der Waals surface area (Å²) in [6.45, 7) is -1.38. The highest BCUT2D eigenvalue weighted by atomic mass is 35.7. The molecular formula is C10H11ClP+. The van der Waals surface area contributed by atoms with Crippen molar-refractivity contribution in [3.05, 3.63) is 42.2 Å². The van der Waals surface area contributed by atoms with Crippen molar-refractivity contribution in [1.29, 1.82) is 0 Å². The normalized spacial score (nSPS) is 27.8. The summed E-state index contributed by atoms with van der Waals surface area (Å²) in [5.41, 5.74) is 0. The molecule has 62 valence electrons. The van der Waals surface area contributed by atoms with Crippen molar-refractivity contribution in [3.63, 3.8) is 0 Å². The predicted octanol–water partition coefficient (Wildman–Crippen LogP) is 3.40. The fraction of sp³-hybridized carbons (Fsp3) is 0.200. The molecule has 0 fully saturated rings. The van der Waals surface area contributed by atoms with Crippen molar-refractivity contribution in [2.75, 3.05) is 6.16 Å². The fourth-order valence-corrected chi connectivity index (χ4v) is 4.59. The molecule has 0 aromatic heterocycles. The highest BCUT2D eigenvalue weighted by Gasteiger charge is 2.38. The molecule has 0 bridgehead atoms. The maximum Gasteiger partial charge on any atom is 0.170 e. The standard InChI is InChI=1S/C10H11ClP/c11-12(8-4-5-9-12)10-6-2-1-3-7-10/h1-4,6-8H,5,9H2/q+1. The Hall–Kier alpha value is -0.320. The fourth-order valence-electron chi connectivity index (χ4n) is 1.47. The van der Waals surface area contributed by atoms with Crippen LogP contribution in [-0.4, -0.2) is 6.16 Å². The van der Waals surface area contributed by atoms with Crippen LogP contribution in [0.15, 0.2) is 42.2 Å². The lowest BCUT2D eigenvalue weighted by Crippen LogP contribution is -2.04. The first-order valence-electron chi connectivity index (χ1n) is 4.12. The second-order valence-corrected chi connectivity index (χ2v) is 7.62. The molecule has 0 aliphatic carbocycles. The molecule has 1 atom stereocenters. The van der Waals surface area contributed by atoms with Gasteiger partial charge in [-0.2, -0.15) is 0 Å². The number of hydrogen-bond donors (Lipinski definition) is 0. The Morgan fingerprint density at radius 1 is 1.17 bits per heavy atom. The highest BCUT2D eigenvalue weighted by molar-refractivity contribution is 8.06. The van der Waals surface area contributed by atoms with Gasteiger partial charge in [-0.25, -0.2) is 0 Å². The van der Waals surface area contributed by atoms with E-state index in [2.05, 4.69) is 36.2 Å². The van der Waals surface area contributed by atoms with Crippen LogP contribution in [0.1, 0.15) is 6.42 Å². The van der Waals surface area contributed by atoms with Gasteiger partial charge in [0.15, 0.2) is 6.62 Å². The van der Waals surface area contributed by atoms with E-state index in [-0.39, 0.29) is 0 Å². The number of allylic oxidation sites excluding steroid dienone is 1. The van der Waals surface area contributed by atoms with Crippen LogP contribution in [0, 0.1) is 0 Å². The molecule has 0 saturated heterocycles. The average Bonchev–Trinajstić information content (AvgIpc) is 2.55. The third-order valence-electron chi connectivity index (χ3n) is 2.15. The SMILES string of the molecule is Cl[P+]1(c2ccccc2)C=CCC1. The van der Waals surface area contributed by atoms with E-state index in [4.69, 9.17) is 11.2 Å². The average molecular weight is 198 g/mol. The monoisotopic (exact) mass is 197 g/mol. The number of hydrogen-bond acceptors (Lipinski definition) is 0. The molecule has 0 amide bonds. The van der Waals surface area contributed by atoms with Gasteiger partial charge < -0.3 is 0 Å². The Morgan fingerprint density at radius 3 is 2.50 bits per heavy atom. The summed E-state index contributed by atoms with van der Waals surface area (Å²) in [6.07, 6.45) is 4.48. The van der Waals surface area contributed by atoms with Crippen LogP contribution < -0.4 is 5.30 Å². The number of benzene rings is 1. The Bertz CT molecular complexity index is 294. The van der Waals surface area contributed by atoms with Crippen molar-refractivity contribution in [1.82, 2.24) is 0 Å². The summed E-state index contributed by atoms with van der Waals surface area (Å²) in [7, 11) is 0. The van der Waals surface area contributed by atoms with Crippen LogP contribution in [0.25, 0.3) is 0 Å². The van der Waals surface area contributed by atoms with Crippen LogP contribution in [0.2, 0.25) is 0 Å². The second kappa shape index (κ2) is 3.20. The van der Waals surface area contributed by atoms with Crippen LogP contribution in [0.4, 0.5) is 0 Å². The van der Waals surface area contributed by atoms with Crippen LogP contribution in [0.3, 0.4) is 0 Å². The Kier molecular flexibility index (Phi) is 2.21. The summed E-state index contributed by atoms with van der Waals surface area (Å²) in [5, 5.41) is 1.32. The Balaban J connectivity index is 2.36. The molecule has 1 aromatic carbocycles. The van der Waals surface area contributed by atoms with Gasteiger partial charge in [0.25, 0.3) is 0 Å². The molecule has 1 aliphatic heterocycles. The zero-order chi connectivity index (χ0) is 8.44. The van der Waals surface area contributed by atoms with Crippen LogP contribution >= 0.6 is 17.9 Å². The van der Waals surface area contributed by atoms with E-state index in [1.165, 1.54) is 5.30 Å². The van der Waals surface area contributed by atoms with Gasteiger partial charge >= 0.3 is 0 Å². The van der Waals surface area contributed by atoms with E-state index in [0.717, 1.165) is 12.6 Å². The lowest BCUT2D eigenvalue weighted by atomic mass is 10.4. The highest BCUT2D eigenvalue weighted by Crippen LogP contribution is 2.67. The molecular weight excluding hydrogens is 187 g/mol. The van der Waals surface area contributed by atoms with E-state index < -0.39 is 6.62 Å². The van der Waals surface area contributed by atoms with Crippen molar-refractivity contribution in [2.24, 2.45) is 0 Å². The summed E-state index contributed by atoms with van der Waals surface area (Å²) >= 11 is 6.52. The molecule has 0 radical (unpaired) electrons. The Labute approximate surface area is 78.4 Å². The molecule has 2 heteroatoms. The molecule has 2 rings (SSSR count). The first-order chi connectivity index (χ1) is 5.81. The predicted molar refractivity (Wildman–Crippen MR) is 57.5 cm³/mol. The lowest BCUT2D eigenvalue weighted by Gasteiger charge is -2.08. The minimum absolute atomic E-state index is 1.14. The number of rotatable bonds is 1. The van der Waals surface area contributed by atoms with Gasteiger partial charge in [0.2, 0.25) is 0 Å². The quantitative estimate of drug-likeness (QED) is 0.606. The van der Waals surface area contributed by atoms with Crippen molar-refractivity contribution < 1.29 is 0 Å². The van der Waals surface area contributed by atoms with Gasteiger partial charge in [-0.1, -0.05) is 18.2 Å². The first kappa shape index (κ1) is 8.29. The second-order valence-electron chi connectivity index (χ2n) is 3.00. The topological polar surface area (TPSA) is 0 Å². The van der Waals surface area contributed by atoms with Gasteiger partial charge in [-0.05, 0) is 18.2 Å². The summed E-state index contributed by atoms with van der Waals surface area (Å²) in [6, 6.07) is 10.4. The van der Waals surface area contributed by atoms with Gasteiger partial charge in [0, 0.05) is 6.42 Å². The van der Waals surface area contributed by atoms with E-state index in [1.807, 2.05) is 6.07 Å².